The number of hydrogen-bond acceptors (Lipinski definition) is 5. The lowest BCUT2D eigenvalue weighted by Crippen LogP contribution is -2.12. The number of aromatic nitrogens is 2. The summed E-state index contributed by atoms with van der Waals surface area (Å²) in [5.41, 5.74) is 7.94. The van der Waals surface area contributed by atoms with Crippen LogP contribution in [-0.4, -0.2) is 15.0 Å². The van der Waals surface area contributed by atoms with Gasteiger partial charge in [-0.25, -0.2) is 4.98 Å². The standard InChI is InChI=1S/C10H10N4S2/c11-10(15)8-2-1-3-9(14-8)13-5-7-4-12-6-16-7/h1-4,6H,5H2,(H2,11,15)(H,13,14). The van der Waals surface area contributed by atoms with Gasteiger partial charge in [-0.05, 0) is 12.1 Å². The van der Waals surface area contributed by atoms with Crippen molar-refractivity contribution >= 4 is 34.4 Å². The minimum absolute atomic E-state index is 0.307. The molecule has 0 aliphatic heterocycles. The fourth-order valence-electron chi connectivity index (χ4n) is 1.18. The van der Waals surface area contributed by atoms with Crippen molar-refractivity contribution in [2.24, 2.45) is 5.73 Å². The first kappa shape index (κ1) is 11.0. The summed E-state index contributed by atoms with van der Waals surface area (Å²) in [4.78, 5) is 9.74. The smallest absolute Gasteiger partial charge is 0.127 e. The molecule has 0 aliphatic carbocycles. The van der Waals surface area contributed by atoms with Crippen LogP contribution in [0.3, 0.4) is 0 Å². The molecule has 0 saturated carbocycles. The zero-order valence-corrected chi connectivity index (χ0v) is 10.0. The Balaban J connectivity index is 2.04. The number of nitrogens with one attached hydrogen (secondary N) is 1. The van der Waals surface area contributed by atoms with E-state index in [0.29, 0.717) is 17.2 Å². The Morgan fingerprint density at radius 1 is 1.50 bits per heavy atom. The summed E-state index contributed by atoms with van der Waals surface area (Å²) in [5, 5.41) is 3.19. The van der Waals surface area contributed by atoms with Crippen LogP contribution < -0.4 is 11.1 Å². The summed E-state index contributed by atoms with van der Waals surface area (Å²) in [6.45, 7) is 0.707. The Kier molecular flexibility index (Phi) is 3.43. The van der Waals surface area contributed by atoms with E-state index in [4.69, 9.17) is 18.0 Å². The molecule has 0 saturated heterocycles. The molecule has 2 rings (SSSR count). The summed E-state index contributed by atoms with van der Waals surface area (Å²) >= 11 is 6.47. The highest BCUT2D eigenvalue weighted by Crippen LogP contribution is 2.10. The monoisotopic (exact) mass is 250 g/mol. The minimum Gasteiger partial charge on any atom is -0.388 e. The molecule has 0 radical (unpaired) electrons. The molecule has 4 nitrogen and oxygen atoms in total. The van der Waals surface area contributed by atoms with E-state index in [1.807, 2.05) is 18.3 Å². The lowest BCUT2D eigenvalue weighted by atomic mass is 10.3. The van der Waals surface area contributed by atoms with E-state index in [-0.39, 0.29) is 0 Å². The SMILES string of the molecule is NC(=S)c1cccc(NCc2cncs2)n1. The zero-order chi connectivity index (χ0) is 11.4. The minimum atomic E-state index is 0.307. The average Bonchev–Trinajstić information content (AvgIpc) is 2.79. The van der Waals surface area contributed by atoms with Crippen LogP contribution in [0.25, 0.3) is 0 Å². The Labute approximate surface area is 103 Å². The first-order chi connectivity index (χ1) is 7.75. The third-order valence-electron chi connectivity index (χ3n) is 1.93. The lowest BCUT2D eigenvalue weighted by Gasteiger charge is -2.05. The van der Waals surface area contributed by atoms with Crippen LogP contribution in [0.2, 0.25) is 0 Å². The molecule has 0 atom stereocenters. The fourth-order valence-corrected chi connectivity index (χ4v) is 1.83. The molecular formula is C10H10N4S2. The van der Waals surface area contributed by atoms with Gasteiger partial charge in [0.15, 0.2) is 0 Å². The molecule has 3 N–H and O–H groups in total. The molecule has 82 valence electrons. The number of nitrogens with two attached hydrogens (primary N) is 1. The number of pyridine rings is 1. The number of rotatable bonds is 4. The van der Waals surface area contributed by atoms with E-state index in [0.717, 1.165) is 10.7 Å². The van der Waals surface area contributed by atoms with Crippen molar-refractivity contribution < 1.29 is 0 Å². The quantitative estimate of drug-likeness (QED) is 0.810. The third kappa shape index (κ3) is 2.74. The Bertz CT molecular complexity index is 481. The summed E-state index contributed by atoms with van der Waals surface area (Å²) in [6.07, 6.45) is 1.83. The summed E-state index contributed by atoms with van der Waals surface area (Å²) < 4.78 is 0. The zero-order valence-electron chi connectivity index (χ0n) is 8.38. The largest absolute Gasteiger partial charge is 0.388 e. The molecule has 2 heterocycles. The van der Waals surface area contributed by atoms with Crippen LogP contribution in [0.1, 0.15) is 10.6 Å². The summed E-state index contributed by atoms with van der Waals surface area (Å²) in [6, 6.07) is 5.54. The molecule has 2 aromatic heterocycles. The van der Waals surface area contributed by atoms with E-state index in [1.165, 1.54) is 0 Å². The van der Waals surface area contributed by atoms with Crippen molar-refractivity contribution in [1.29, 1.82) is 0 Å². The van der Waals surface area contributed by atoms with Crippen LogP contribution in [0.15, 0.2) is 29.9 Å². The van der Waals surface area contributed by atoms with Crippen LogP contribution in [0.5, 0.6) is 0 Å². The van der Waals surface area contributed by atoms with Gasteiger partial charge in [0.2, 0.25) is 0 Å². The first-order valence-corrected chi connectivity index (χ1v) is 5.92. The van der Waals surface area contributed by atoms with E-state index in [2.05, 4.69) is 15.3 Å². The molecule has 0 spiro atoms. The predicted molar refractivity (Wildman–Crippen MR) is 69.6 cm³/mol. The van der Waals surface area contributed by atoms with Crippen LogP contribution in [0.4, 0.5) is 5.82 Å². The van der Waals surface area contributed by atoms with Gasteiger partial charge in [-0.2, -0.15) is 0 Å². The second kappa shape index (κ2) is 5.00. The maximum absolute atomic E-state index is 5.51. The summed E-state index contributed by atoms with van der Waals surface area (Å²) in [7, 11) is 0. The van der Waals surface area contributed by atoms with Crippen molar-refractivity contribution in [2.45, 2.75) is 6.54 Å². The van der Waals surface area contributed by atoms with Crippen molar-refractivity contribution in [3.63, 3.8) is 0 Å². The number of thiazole rings is 1. The van der Waals surface area contributed by atoms with Crippen molar-refractivity contribution in [3.05, 3.63) is 40.5 Å². The van der Waals surface area contributed by atoms with Gasteiger partial charge < -0.3 is 11.1 Å². The molecular weight excluding hydrogens is 240 g/mol. The molecule has 0 amide bonds. The van der Waals surface area contributed by atoms with E-state index < -0.39 is 0 Å². The number of hydrogen-bond donors (Lipinski definition) is 2. The van der Waals surface area contributed by atoms with Gasteiger partial charge in [0.25, 0.3) is 0 Å². The highest BCUT2D eigenvalue weighted by Gasteiger charge is 2.00. The Morgan fingerprint density at radius 3 is 3.06 bits per heavy atom. The molecule has 0 fully saturated rings. The Morgan fingerprint density at radius 2 is 2.38 bits per heavy atom. The second-order valence-electron chi connectivity index (χ2n) is 3.09. The van der Waals surface area contributed by atoms with Crippen molar-refractivity contribution in [1.82, 2.24) is 9.97 Å². The molecule has 16 heavy (non-hydrogen) atoms. The molecule has 0 aliphatic rings. The summed E-state index contributed by atoms with van der Waals surface area (Å²) in [5.74, 6) is 0.763. The van der Waals surface area contributed by atoms with Gasteiger partial charge in [0.05, 0.1) is 17.7 Å². The average molecular weight is 250 g/mol. The normalized spacial score (nSPS) is 10.0. The number of thiocarbonyl (C=S) groups is 1. The van der Waals surface area contributed by atoms with Gasteiger partial charge >= 0.3 is 0 Å². The van der Waals surface area contributed by atoms with Gasteiger partial charge in [-0.3, -0.25) is 4.98 Å². The van der Waals surface area contributed by atoms with Crippen molar-refractivity contribution in [2.75, 3.05) is 5.32 Å². The van der Waals surface area contributed by atoms with Gasteiger partial charge in [-0.1, -0.05) is 18.3 Å². The van der Waals surface area contributed by atoms with E-state index in [9.17, 15) is 0 Å². The van der Waals surface area contributed by atoms with Crippen LogP contribution in [-0.2, 0) is 6.54 Å². The maximum atomic E-state index is 5.51. The van der Waals surface area contributed by atoms with Crippen molar-refractivity contribution in [3.8, 4) is 0 Å². The van der Waals surface area contributed by atoms with Gasteiger partial charge in [-0.15, -0.1) is 11.3 Å². The molecule has 2 aromatic rings. The van der Waals surface area contributed by atoms with E-state index in [1.54, 1.807) is 22.9 Å². The molecule has 0 bridgehead atoms. The second-order valence-corrected chi connectivity index (χ2v) is 4.50. The van der Waals surface area contributed by atoms with E-state index >= 15 is 0 Å². The molecule has 0 unspecified atom stereocenters. The van der Waals surface area contributed by atoms with Crippen LogP contribution >= 0.6 is 23.6 Å². The molecule has 6 heteroatoms. The highest BCUT2D eigenvalue weighted by molar-refractivity contribution is 7.80. The highest BCUT2D eigenvalue weighted by atomic mass is 32.1. The number of anilines is 1. The first-order valence-electron chi connectivity index (χ1n) is 4.64. The fraction of sp³-hybridized carbons (Fsp3) is 0.100. The lowest BCUT2D eigenvalue weighted by molar-refractivity contribution is 1.13. The topological polar surface area (TPSA) is 63.8 Å². The third-order valence-corrected chi connectivity index (χ3v) is 2.92. The van der Waals surface area contributed by atoms with Gasteiger partial charge in [0.1, 0.15) is 10.8 Å². The van der Waals surface area contributed by atoms with Crippen LogP contribution in [0, 0.1) is 0 Å². The molecule has 0 aromatic carbocycles. The van der Waals surface area contributed by atoms with Gasteiger partial charge in [0, 0.05) is 11.1 Å². The predicted octanol–water partition coefficient (Wildman–Crippen LogP) is 1.78. The number of nitrogens with zero attached hydrogens (tertiary/aromatic N) is 2. The Hall–Kier alpha value is -1.53. The maximum Gasteiger partial charge on any atom is 0.127 e.